The second kappa shape index (κ2) is 5.15. The van der Waals surface area contributed by atoms with Crippen molar-refractivity contribution < 1.29 is 0 Å². The molecule has 1 aromatic heterocycles. The predicted octanol–water partition coefficient (Wildman–Crippen LogP) is 1.94. The van der Waals surface area contributed by atoms with E-state index in [1.807, 2.05) is 0 Å². The van der Waals surface area contributed by atoms with Crippen LogP contribution in [0.5, 0.6) is 0 Å². The molecule has 4 nitrogen and oxygen atoms in total. The van der Waals surface area contributed by atoms with Crippen molar-refractivity contribution in [2.45, 2.75) is 58.2 Å². The van der Waals surface area contributed by atoms with Gasteiger partial charge in [-0.1, -0.05) is 6.92 Å². The van der Waals surface area contributed by atoms with Gasteiger partial charge in [-0.3, -0.25) is 9.58 Å². The minimum Gasteiger partial charge on any atom is -0.311 e. The van der Waals surface area contributed by atoms with Gasteiger partial charge in [0.05, 0.1) is 11.4 Å². The van der Waals surface area contributed by atoms with Crippen LogP contribution in [0, 0.1) is 5.92 Å². The Morgan fingerprint density at radius 1 is 1.45 bits per heavy atom. The Hall–Kier alpha value is -0.870. The topological polar surface area (TPSA) is 33.1 Å². The van der Waals surface area contributed by atoms with Gasteiger partial charge in [0, 0.05) is 38.3 Å². The molecule has 0 amide bonds. The summed E-state index contributed by atoms with van der Waals surface area (Å²) < 4.78 is 2.07. The van der Waals surface area contributed by atoms with Gasteiger partial charge >= 0.3 is 0 Å². The van der Waals surface area contributed by atoms with Crippen LogP contribution in [0.15, 0.2) is 6.07 Å². The Morgan fingerprint density at radius 2 is 2.20 bits per heavy atom. The van der Waals surface area contributed by atoms with Crippen LogP contribution in [-0.4, -0.2) is 39.4 Å². The van der Waals surface area contributed by atoms with Crippen LogP contribution in [0.25, 0.3) is 0 Å². The standard InChI is InChI=1S/C16H28N4/c1-5-14-8-15(19(4)18-14)10-20-9-12(2)17-11-16(20,3)13-6-7-13/h8,12-13,17H,5-7,9-11H2,1-4H3. The second-order valence-electron chi connectivity index (χ2n) is 6.90. The molecule has 112 valence electrons. The van der Waals surface area contributed by atoms with Gasteiger partial charge in [0.25, 0.3) is 0 Å². The fraction of sp³-hybridized carbons (Fsp3) is 0.812. The van der Waals surface area contributed by atoms with E-state index in [-0.39, 0.29) is 0 Å². The molecule has 0 radical (unpaired) electrons. The van der Waals surface area contributed by atoms with E-state index in [9.17, 15) is 0 Å². The highest BCUT2D eigenvalue weighted by atomic mass is 15.3. The van der Waals surface area contributed by atoms with Crippen molar-refractivity contribution in [3.05, 3.63) is 17.5 Å². The minimum atomic E-state index is 0.323. The Bertz CT molecular complexity index is 477. The smallest absolute Gasteiger partial charge is 0.0625 e. The summed E-state index contributed by atoms with van der Waals surface area (Å²) in [6.07, 6.45) is 3.81. The van der Waals surface area contributed by atoms with Crippen molar-refractivity contribution >= 4 is 0 Å². The molecule has 1 aliphatic heterocycles. The monoisotopic (exact) mass is 276 g/mol. The maximum atomic E-state index is 4.60. The Labute approximate surface area is 122 Å². The van der Waals surface area contributed by atoms with Crippen molar-refractivity contribution in [3.63, 3.8) is 0 Å². The van der Waals surface area contributed by atoms with E-state index in [0.717, 1.165) is 32.0 Å². The molecule has 2 heterocycles. The summed E-state index contributed by atoms with van der Waals surface area (Å²) in [6.45, 7) is 10.2. The average Bonchev–Trinajstić information content (AvgIpc) is 3.21. The molecule has 2 unspecified atom stereocenters. The zero-order valence-corrected chi connectivity index (χ0v) is 13.3. The van der Waals surface area contributed by atoms with Crippen LogP contribution in [0.3, 0.4) is 0 Å². The summed E-state index contributed by atoms with van der Waals surface area (Å²) >= 11 is 0. The highest BCUT2D eigenvalue weighted by molar-refractivity contribution is 5.13. The Morgan fingerprint density at radius 3 is 2.80 bits per heavy atom. The van der Waals surface area contributed by atoms with Crippen LogP contribution < -0.4 is 5.32 Å². The van der Waals surface area contributed by atoms with Crippen LogP contribution in [0.2, 0.25) is 0 Å². The zero-order chi connectivity index (χ0) is 14.3. The third-order valence-corrected chi connectivity index (χ3v) is 5.22. The largest absolute Gasteiger partial charge is 0.311 e. The molecule has 1 N–H and O–H groups in total. The molecule has 2 fully saturated rings. The molecule has 1 saturated carbocycles. The molecule has 3 rings (SSSR count). The average molecular weight is 276 g/mol. The lowest BCUT2D eigenvalue weighted by molar-refractivity contribution is 0.0292. The first-order chi connectivity index (χ1) is 9.53. The molecule has 1 saturated heterocycles. The van der Waals surface area contributed by atoms with E-state index < -0.39 is 0 Å². The number of hydrogen-bond acceptors (Lipinski definition) is 3. The van der Waals surface area contributed by atoms with E-state index in [4.69, 9.17) is 0 Å². The number of rotatable bonds is 4. The molecular weight excluding hydrogens is 248 g/mol. The van der Waals surface area contributed by atoms with E-state index >= 15 is 0 Å². The van der Waals surface area contributed by atoms with E-state index in [1.165, 1.54) is 24.2 Å². The van der Waals surface area contributed by atoms with Crippen molar-refractivity contribution in [1.29, 1.82) is 0 Å². The van der Waals surface area contributed by atoms with Crippen molar-refractivity contribution in [1.82, 2.24) is 20.0 Å². The summed E-state index contributed by atoms with van der Waals surface area (Å²) in [4.78, 5) is 2.70. The molecule has 1 aliphatic carbocycles. The van der Waals surface area contributed by atoms with Gasteiger partial charge in [0.1, 0.15) is 0 Å². The third-order valence-electron chi connectivity index (χ3n) is 5.22. The number of nitrogens with one attached hydrogen (secondary N) is 1. The van der Waals surface area contributed by atoms with Crippen LogP contribution in [0.1, 0.15) is 45.0 Å². The number of aromatic nitrogens is 2. The molecule has 2 aliphatic rings. The summed E-state index contributed by atoms with van der Waals surface area (Å²) in [7, 11) is 2.08. The lowest BCUT2D eigenvalue weighted by atomic mass is 9.89. The van der Waals surface area contributed by atoms with Gasteiger partial charge < -0.3 is 5.32 Å². The number of piperazine rings is 1. The van der Waals surface area contributed by atoms with Crippen molar-refractivity contribution in [3.8, 4) is 0 Å². The summed E-state index contributed by atoms with van der Waals surface area (Å²) in [6, 6.07) is 2.86. The minimum absolute atomic E-state index is 0.323. The molecule has 0 aromatic carbocycles. The van der Waals surface area contributed by atoms with E-state index in [2.05, 4.69) is 53.9 Å². The highest BCUT2D eigenvalue weighted by Gasteiger charge is 2.47. The van der Waals surface area contributed by atoms with Crippen LogP contribution in [0.4, 0.5) is 0 Å². The van der Waals surface area contributed by atoms with Crippen LogP contribution >= 0.6 is 0 Å². The van der Waals surface area contributed by atoms with Gasteiger partial charge in [-0.15, -0.1) is 0 Å². The van der Waals surface area contributed by atoms with Gasteiger partial charge in [0.15, 0.2) is 0 Å². The zero-order valence-electron chi connectivity index (χ0n) is 13.3. The maximum absolute atomic E-state index is 4.60. The maximum Gasteiger partial charge on any atom is 0.0625 e. The molecule has 1 aromatic rings. The lowest BCUT2D eigenvalue weighted by Gasteiger charge is -2.48. The molecule has 2 atom stereocenters. The number of nitrogens with zero attached hydrogens (tertiary/aromatic N) is 3. The van der Waals surface area contributed by atoms with E-state index in [0.29, 0.717) is 11.6 Å². The van der Waals surface area contributed by atoms with Gasteiger partial charge in [-0.25, -0.2) is 0 Å². The fourth-order valence-corrected chi connectivity index (χ4v) is 3.54. The molecule has 0 bridgehead atoms. The first-order valence-corrected chi connectivity index (χ1v) is 8.03. The molecule has 4 heteroatoms. The number of hydrogen-bond donors (Lipinski definition) is 1. The third kappa shape index (κ3) is 2.51. The first-order valence-electron chi connectivity index (χ1n) is 8.03. The van der Waals surface area contributed by atoms with Crippen LogP contribution in [-0.2, 0) is 20.0 Å². The number of aryl methyl sites for hydroxylation is 2. The Balaban J connectivity index is 1.80. The molecule has 20 heavy (non-hydrogen) atoms. The predicted molar refractivity (Wildman–Crippen MR) is 81.6 cm³/mol. The summed E-state index contributed by atoms with van der Waals surface area (Å²) in [5.41, 5.74) is 2.88. The molecule has 0 spiro atoms. The first kappa shape index (κ1) is 14.1. The second-order valence-corrected chi connectivity index (χ2v) is 6.90. The molecular formula is C16H28N4. The fourth-order valence-electron chi connectivity index (χ4n) is 3.54. The van der Waals surface area contributed by atoms with Gasteiger partial charge in [-0.2, -0.15) is 5.10 Å². The highest BCUT2D eigenvalue weighted by Crippen LogP contribution is 2.44. The van der Waals surface area contributed by atoms with Gasteiger partial charge in [0.2, 0.25) is 0 Å². The summed E-state index contributed by atoms with van der Waals surface area (Å²) in [5.74, 6) is 0.876. The quantitative estimate of drug-likeness (QED) is 0.912. The summed E-state index contributed by atoms with van der Waals surface area (Å²) in [5, 5.41) is 8.27. The van der Waals surface area contributed by atoms with Crippen molar-refractivity contribution in [2.75, 3.05) is 13.1 Å². The SMILES string of the molecule is CCc1cc(CN2CC(C)NCC2(C)C2CC2)n(C)n1. The Kier molecular flexibility index (Phi) is 3.63. The van der Waals surface area contributed by atoms with Crippen molar-refractivity contribution in [2.24, 2.45) is 13.0 Å². The normalized spacial score (nSPS) is 31.7. The lowest BCUT2D eigenvalue weighted by Crippen LogP contribution is -2.63. The van der Waals surface area contributed by atoms with Gasteiger partial charge in [-0.05, 0) is 45.1 Å². The van der Waals surface area contributed by atoms with E-state index in [1.54, 1.807) is 0 Å².